The molecule has 0 aliphatic heterocycles. The van der Waals surface area contributed by atoms with Gasteiger partial charge in [0.1, 0.15) is 22.3 Å². The van der Waals surface area contributed by atoms with Gasteiger partial charge in [0, 0.05) is 5.56 Å². The predicted molar refractivity (Wildman–Crippen MR) is 97.6 cm³/mol. The Morgan fingerprint density at radius 2 is 1.74 bits per heavy atom. The third kappa shape index (κ3) is 3.92. The van der Waals surface area contributed by atoms with Gasteiger partial charge in [-0.2, -0.15) is 10.4 Å². The molecule has 0 spiro atoms. The van der Waals surface area contributed by atoms with Crippen LogP contribution in [0.15, 0.2) is 17.0 Å². The van der Waals surface area contributed by atoms with Crippen LogP contribution in [0.4, 0.5) is 28.2 Å². The molecule has 170 valence electrons. The van der Waals surface area contributed by atoms with Gasteiger partial charge in [0.15, 0.2) is 5.69 Å². The second-order valence-electron chi connectivity index (χ2n) is 6.71. The maximum absolute atomic E-state index is 14.0. The molecule has 1 aromatic carbocycles. The average Bonchev–Trinajstić information content (AvgIpc) is 3.33. The van der Waals surface area contributed by atoms with Crippen LogP contribution in [0, 0.1) is 11.3 Å². The summed E-state index contributed by atoms with van der Waals surface area (Å²) >= 11 is 11.4. The van der Waals surface area contributed by atoms with Crippen LogP contribution in [-0.2, 0) is 14.9 Å². The Kier molecular flexibility index (Phi) is 4.87. The highest BCUT2D eigenvalue weighted by Crippen LogP contribution is 3.02. The van der Waals surface area contributed by atoms with E-state index in [-0.39, 0.29) is 25.0 Å². The summed E-state index contributed by atoms with van der Waals surface area (Å²) in [5.41, 5.74) is -4.55. The van der Waals surface area contributed by atoms with Gasteiger partial charge in [0.05, 0.1) is 22.6 Å². The summed E-state index contributed by atoms with van der Waals surface area (Å²) in [6.07, 6.45) is -3.30. The first-order valence-corrected chi connectivity index (χ1v) is 10.8. The van der Waals surface area contributed by atoms with Crippen LogP contribution in [0.25, 0.3) is 5.69 Å². The van der Waals surface area contributed by atoms with Crippen LogP contribution in [-0.4, -0.2) is 22.9 Å². The van der Waals surface area contributed by atoms with E-state index in [4.69, 9.17) is 23.2 Å². The number of hydrogen-bond acceptors (Lipinski definition) is 4. The fraction of sp³-hybridized carbons (Fsp3) is 0.312. The molecule has 0 unspecified atom stereocenters. The standard InChI is InChI=1S/C16H10Cl2F7N3O2S/c1-30-15(29)16(2-3-16)11-10(6-26)27-28(13(11)14(19)20)12-8(17)4-7(5-9(12)18)31(21,22,23,24)25/h4-5,14H,2-3H2,1H3. The van der Waals surface area contributed by atoms with Gasteiger partial charge in [-0.05, 0) is 25.0 Å². The molecule has 1 fully saturated rings. The van der Waals surface area contributed by atoms with Gasteiger partial charge in [0.2, 0.25) is 0 Å². The topological polar surface area (TPSA) is 67.9 Å². The Balaban J connectivity index is 2.34. The molecule has 0 N–H and O–H groups in total. The Hall–Kier alpha value is -2.17. The number of carbonyl (C=O) groups is 1. The van der Waals surface area contributed by atoms with Crippen molar-refractivity contribution in [2.24, 2.45) is 0 Å². The molecule has 1 saturated carbocycles. The molecular weight excluding hydrogens is 502 g/mol. The van der Waals surface area contributed by atoms with Gasteiger partial charge in [-0.15, -0.1) is 0 Å². The normalized spacial score (nSPS) is 17.6. The van der Waals surface area contributed by atoms with E-state index >= 15 is 0 Å². The molecule has 0 atom stereocenters. The number of hydrogen-bond donors (Lipinski definition) is 0. The van der Waals surface area contributed by atoms with Crippen molar-refractivity contribution < 1.29 is 37.7 Å². The third-order valence-electron chi connectivity index (χ3n) is 4.69. The van der Waals surface area contributed by atoms with E-state index in [1.165, 1.54) is 6.07 Å². The maximum atomic E-state index is 14.0. The summed E-state index contributed by atoms with van der Waals surface area (Å²) < 4.78 is 98.5. The van der Waals surface area contributed by atoms with Crippen LogP contribution >= 0.6 is 33.4 Å². The number of benzene rings is 1. The molecule has 0 radical (unpaired) electrons. The number of methoxy groups -OCH3 is 1. The molecule has 2 aromatic rings. The van der Waals surface area contributed by atoms with E-state index < -0.39 is 65.6 Å². The Labute approximate surface area is 180 Å². The largest absolute Gasteiger partial charge is 0.468 e. The minimum Gasteiger partial charge on any atom is -0.468 e. The maximum Gasteiger partial charge on any atom is 0.316 e. The van der Waals surface area contributed by atoms with Gasteiger partial charge in [-0.25, -0.2) is 13.5 Å². The zero-order valence-electron chi connectivity index (χ0n) is 15.1. The monoisotopic (exact) mass is 511 g/mol. The minimum atomic E-state index is -10.2. The molecule has 0 saturated heterocycles. The van der Waals surface area contributed by atoms with Crippen molar-refractivity contribution in [3.63, 3.8) is 0 Å². The SMILES string of the molecule is COC(=O)C1(c2c(C#N)nn(-c3c(Cl)cc(S(F)(F)(F)(F)F)cc3Cl)c2C(F)F)CC1. The van der Waals surface area contributed by atoms with Crippen molar-refractivity contribution in [2.45, 2.75) is 29.6 Å². The van der Waals surface area contributed by atoms with Gasteiger partial charge in [-0.1, -0.05) is 42.6 Å². The second-order valence-corrected chi connectivity index (χ2v) is 9.94. The number of rotatable bonds is 5. The smallest absolute Gasteiger partial charge is 0.316 e. The molecule has 0 bridgehead atoms. The van der Waals surface area contributed by atoms with E-state index in [0.717, 1.165) is 7.11 Å². The number of aromatic nitrogens is 2. The van der Waals surface area contributed by atoms with E-state index in [1.807, 2.05) is 0 Å². The highest BCUT2D eigenvalue weighted by Gasteiger charge is 2.66. The first kappa shape index (κ1) is 23.5. The average molecular weight is 512 g/mol. The first-order valence-electron chi connectivity index (χ1n) is 8.10. The lowest BCUT2D eigenvalue weighted by atomic mass is 9.93. The summed E-state index contributed by atoms with van der Waals surface area (Å²) in [6.45, 7) is 0. The van der Waals surface area contributed by atoms with Crippen molar-refractivity contribution in [2.75, 3.05) is 7.11 Å². The summed E-state index contributed by atoms with van der Waals surface area (Å²) in [7, 11) is -9.18. The van der Waals surface area contributed by atoms with Crippen molar-refractivity contribution in [1.29, 1.82) is 5.26 Å². The van der Waals surface area contributed by atoms with E-state index in [2.05, 4.69) is 9.84 Å². The molecule has 0 amide bonds. The molecule has 1 aliphatic rings. The van der Waals surface area contributed by atoms with Crippen LogP contribution in [0.3, 0.4) is 0 Å². The number of esters is 1. The lowest BCUT2D eigenvalue weighted by Gasteiger charge is -2.40. The van der Waals surface area contributed by atoms with Crippen LogP contribution in [0.1, 0.15) is 36.2 Å². The lowest BCUT2D eigenvalue weighted by Crippen LogP contribution is -2.24. The highest BCUT2D eigenvalue weighted by atomic mass is 35.5. The number of carbonyl (C=O) groups excluding carboxylic acids is 1. The van der Waals surface area contributed by atoms with E-state index in [1.54, 1.807) is 0 Å². The fourth-order valence-electron chi connectivity index (χ4n) is 3.20. The fourth-order valence-corrected chi connectivity index (χ4v) is 4.65. The molecule has 1 aromatic heterocycles. The Morgan fingerprint density at radius 1 is 1.23 bits per heavy atom. The number of alkyl halides is 2. The minimum absolute atomic E-state index is 0.0460. The third-order valence-corrected chi connectivity index (χ3v) is 6.39. The van der Waals surface area contributed by atoms with E-state index in [9.17, 15) is 38.3 Å². The Morgan fingerprint density at radius 3 is 2.10 bits per heavy atom. The number of nitriles is 1. The number of halogens is 9. The lowest BCUT2D eigenvalue weighted by molar-refractivity contribution is -0.143. The Bertz CT molecular complexity index is 1130. The zero-order valence-corrected chi connectivity index (χ0v) is 17.4. The second kappa shape index (κ2) is 6.43. The number of nitrogens with zero attached hydrogens (tertiary/aromatic N) is 3. The number of ether oxygens (including phenoxy) is 1. The molecule has 1 heterocycles. The zero-order chi connectivity index (χ0) is 23.6. The van der Waals surface area contributed by atoms with Crippen LogP contribution in [0.5, 0.6) is 0 Å². The quantitative estimate of drug-likeness (QED) is 0.325. The first-order chi connectivity index (χ1) is 14.0. The summed E-state index contributed by atoms with van der Waals surface area (Å²) in [6, 6.07) is 1.21. The predicted octanol–water partition coefficient (Wildman–Crippen LogP) is 6.85. The molecule has 5 nitrogen and oxygen atoms in total. The summed E-state index contributed by atoms with van der Waals surface area (Å²) in [5, 5.41) is 10.8. The van der Waals surface area contributed by atoms with Crippen LogP contribution in [0.2, 0.25) is 10.0 Å². The van der Waals surface area contributed by atoms with Crippen molar-refractivity contribution >= 4 is 39.4 Å². The summed E-state index contributed by atoms with van der Waals surface area (Å²) in [5.74, 6) is -0.918. The van der Waals surface area contributed by atoms with Gasteiger partial charge in [0.25, 0.3) is 6.43 Å². The van der Waals surface area contributed by atoms with Gasteiger partial charge < -0.3 is 4.74 Å². The summed E-state index contributed by atoms with van der Waals surface area (Å²) in [4.78, 5) is 9.74. The van der Waals surface area contributed by atoms with Crippen LogP contribution < -0.4 is 0 Å². The highest BCUT2D eigenvalue weighted by molar-refractivity contribution is 8.45. The van der Waals surface area contributed by atoms with Crippen molar-refractivity contribution in [1.82, 2.24) is 9.78 Å². The van der Waals surface area contributed by atoms with Crippen molar-refractivity contribution in [3.05, 3.63) is 39.1 Å². The van der Waals surface area contributed by atoms with Gasteiger partial charge in [-0.3, -0.25) is 4.79 Å². The molecular formula is C16H10Cl2F7N3O2S. The molecule has 1 aliphatic carbocycles. The van der Waals surface area contributed by atoms with Gasteiger partial charge >= 0.3 is 16.2 Å². The van der Waals surface area contributed by atoms with Crippen molar-refractivity contribution in [3.8, 4) is 11.8 Å². The van der Waals surface area contributed by atoms with E-state index in [0.29, 0.717) is 4.68 Å². The molecule has 31 heavy (non-hydrogen) atoms. The molecule has 3 rings (SSSR count). The molecule has 15 heteroatoms.